The quantitative estimate of drug-likeness (QED) is 0.760. The Labute approximate surface area is 131 Å². The van der Waals surface area contributed by atoms with Gasteiger partial charge in [-0.3, -0.25) is 0 Å². The fourth-order valence-electron chi connectivity index (χ4n) is 2.02. The molecule has 2 N–H and O–H groups in total. The Kier molecular flexibility index (Phi) is 5.81. The second-order valence-corrected chi connectivity index (χ2v) is 7.43. The Balaban J connectivity index is 2.82. The lowest BCUT2D eigenvalue weighted by Gasteiger charge is -2.29. The average molecular weight is 317 g/mol. The number of ether oxygens (including phenoxy) is 3. The summed E-state index contributed by atoms with van der Waals surface area (Å²) in [6.45, 7) is 10.7. The molecule has 0 radical (unpaired) electrons. The minimum atomic E-state index is -1.02. The lowest BCUT2D eigenvalue weighted by molar-refractivity contribution is -0.160. The van der Waals surface area contributed by atoms with E-state index < -0.39 is 41.3 Å². The predicted octanol–water partition coefficient (Wildman–Crippen LogP) is 1.23. The molecule has 0 aromatic heterocycles. The van der Waals surface area contributed by atoms with E-state index in [0.717, 1.165) is 0 Å². The third-order valence-corrected chi connectivity index (χ3v) is 2.85. The highest BCUT2D eigenvalue weighted by Crippen LogP contribution is 2.21. The first-order valence-electron chi connectivity index (χ1n) is 7.37. The second-order valence-electron chi connectivity index (χ2n) is 7.43. The van der Waals surface area contributed by atoms with Crippen molar-refractivity contribution < 1.29 is 28.9 Å². The highest BCUT2D eigenvalue weighted by Gasteiger charge is 2.41. The molecule has 0 spiro atoms. The maximum Gasteiger partial charge on any atom is 0.408 e. The fraction of sp³-hybridized carbons (Fsp3) is 0.867. The van der Waals surface area contributed by atoms with Crippen molar-refractivity contribution in [2.24, 2.45) is 5.92 Å². The van der Waals surface area contributed by atoms with Gasteiger partial charge in [-0.15, -0.1) is 0 Å². The fourth-order valence-corrected chi connectivity index (χ4v) is 2.02. The Morgan fingerprint density at radius 3 is 2.05 bits per heavy atom. The van der Waals surface area contributed by atoms with Gasteiger partial charge in [0.2, 0.25) is 0 Å². The number of esters is 1. The van der Waals surface area contributed by atoms with Crippen LogP contribution in [-0.4, -0.2) is 53.7 Å². The van der Waals surface area contributed by atoms with Crippen molar-refractivity contribution in [1.29, 1.82) is 0 Å². The van der Waals surface area contributed by atoms with Crippen molar-refractivity contribution in [2.75, 3.05) is 13.2 Å². The molecule has 1 aliphatic rings. The van der Waals surface area contributed by atoms with Crippen LogP contribution >= 0.6 is 0 Å². The van der Waals surface area contributed by atoms with Crippen LogP contribution in [0.25, 0.3) is 0 Å². The van der Waals surface area contributed by atoms with Crippen LogP contribution in [0.3, 0.4) is 0 Å². The third kappa shape index (κ3) is 6.19. The normalized spacial score (nSPS) is 23.8. The molecule has 1 amide bonds. The summed E-state index contributed by atoms with van der Waals surface area (Å²) in [5, 5.41) is 12.4. The molecule has 0 aliphatic carbocycles. The van der Waals surface area contributed by atoms with Gasteiger partial charge in [-0.25, -0.2) is 9.59 Å². The second kappa shape index (κ2) is 6.83. The summed E-state index contributed by atoms with van der Waals surface area (Å²) >= 11 is 0. The molecule has 1 aliphatic heterocycles. The van der Waals surface area contributed by atoms with Gasteiger partial charge in [-0.05, 0) is 41.5 Å². The van der Waals surface area contributed by atoms with E-state index in [-0.39, 0.29) is 13.2 Å². The number of rotatable bonds is 3. The SMILES string of the molecule is CC(C)(C)OC(=O)N[C@@H](C(=O)OC(C)(C)C)[C@@H]1COC[C@H]1O. The van der Waals surface area contributed by atoms with Crippen LogP contribution in [0.1, 0.15) is 41.5 Å². The molecule has 128 valence electrons. The summed E-state index contributed by atoms with van der Waals surface area (Å²) in [7, 11) is 0. The largest absolute Gasteiger partial charge is 0.458 e. The van der Waals surface area contributed by atoms with Crippen molar-refractivity contribution >= 4 is 12.1 Å². The summed E-state index contributed by atoms with van der Waals surface area (Å²) in [6.07, 6.45) is -1.57. The number of aliphatic hydroxyl groups excluding tert-OH is 1. The van der Waals surface area contributed by atoms with Crippen LogP contribution in [0.15, 0.2) is 0 Å². The van der Waals surface area contributed by atoms with Crippen LogP contribution in [0, 0.1) is 5.92 Å². The van der Waals surface area contributed by atoms with Gasteiger partial charge in [-0.2, -0.15) is 0 Å². The molecule has 0 unspecified atom stereocenters. The molecule has 0 aromatic carbocycles. The van der Waals surface area contributed by atoms with Crippen molar-refractivity contribution in [3.8, 4) is 0 Å². The molecular weight excluding hydrogens is 290 g/mol. The molecule has 1 rings (SSSR count). The number of hydrogen-bond acceptors (Lipinski definition) is 6. The smallest absolute Gasteiger partial charge is 0.408 e. The van der Waals surface area contributed by atoms with E-state index in [1.165, 1.54) is 0 Å². The van der Waals surface area contributed by atoms with Crippen molar-refractivity contribution in [1.82, 2.24) is 5.32 Å². The molecule has 1 heterocycles. The van der Waals surface area contributed by atoms with Gasteiger partial charge in [0.25, 0.3) is 0 Å². The highest BCUT2D eigenvalue weighted by molar-refractivity contribution is 5.82. The Morgan fingerprint density at radius 2 is 1.64 bits per heavy atom. The minimum Gasteiger partial charge on any atom is -0.458 e. The van der Waals surface area contributed by atoms with Crippen LogP contribution < -0.4 is 5.32 Å². The number of amides is 1. The standard InChI is InChI=1S/C15H27NO6/c1-14(2,3)21-12(18)11(9-7-20-8-10(9)17)16-13(19)22-15(4,5)6/h9-11,17H,7-8H2,1-6H3,(H,16,19)/t9-,10-,11-/m1/s1. The van der Waals surface area contributed by atoms with Gasteiger partial charge in [-0.1, -0.05) is 0 Å². The summed E-state index contributed by atoms with van der Waals surface area (Å²) < 4.78 is 15.6. The summed E-state index contributed by atoms with van der Waals surface area (Å²) in [5.74, 6) is -1.18. The van der Waals surface area contributed by atoms with E-state index in [4.69, 9.17) is 14.2 Å². The average Bonchev–Trinajstić information content (AvgIpc) is 2.67. The van der Waals surface area contributed by atoms with Gasteiger partial charge < -0.3 is 24.6 Å². The predicted molar refractivity (Wildman–Crippen MR) is 79.3 cm³/mol. The van der Waals surface area contributed by atoms with Crippen molar-refractivity contribution in [3.05, 3.63) is 0 Å². The summed E-state index contributed by atoms with van der Waals surface area (Å²) in [5.41, 5.74) is -1.39. The number of aliphatic hydroxyl groups is 1. The zero-order valence-electron chi connectivity index (χ0n) is 14.1. The number of hydrogen-bond donors (Lipinski definition) is 2. The first-order chi connectivity index (χ1) is 9.89. The van der Waals surface area contributed by atoms with Crippen LogP contribution in [0.4, 0.5) is 4.79 Å². The van der Waals surface area contributed by atoms with E-state index in [0.29, 0.717) is 0 Å². The maximum absolute atomic E-state index is 12.3. The minimum absolute atomic E-state index is 0.125. The van der Waals surface area contributed by atoms with Crippen LogP contribution in [-0.2, 0) is 19.0 Å². The van der Waals surface area contributed by atoms with Gasteiger partial charge in [0.15, 0.2) is 0 Å². The van der Waals surface area contributed by atoms with Crippen LogP contribution in [0.5, 0.6) is 0 Å². The van der Waals surface area contributed by atoms with Gasteiger partial charge in [0.05, 0.1) is 19.3 Å². The molecule has 22 heavy (non-hydrogen) atoms. The van der Waals surface area contributed by atoms with E-state index in [9.17, 15) is 14.7 Å². The lowest BCUT2D eigenvalue weighted by Crippen LogP contribution is -2.52. The lowest BCUT2D eigenvalue weighted by atomic mass is 9.96. The molecule has 1 saturated heterocycles. The molecule has 7 heteroatoms. The van der Waals surface area contributed by atoms with Crippen molar-refractivity contribution in [3.63, 3.8) is 0 Å². The molecule has 0 aromatic rings. The van der Waals surface area contributed by atoms with Crippen molar-refractivity contribution in [2.45, 2.75) is 64.9 Å². The number of carbonyl (C=O) groups excluding carboxylic acids is 2. The zero-order valence-corrected chi connectivity index (χ0v) is 14.1. The Bertz CT molecular complexity index is 409. The van der Waals surface area contributed by atoms with Gasteiger partial charge >= 0.3 is 12.1 Å². The molecule has 0 bridgehead atoms. The van der Waals surface area contributed by atoms with Gasteiger partial charge in [0, 0.05) is 5.92 Å². The van der Waals surface area contributed by atoms with Crippen LogP contribution in [0.2, 0.25) is 0 Å². The van der Waals surface area contributed by atoms with E-state index >= 15 is 0 Å². The molecule has 0 saturated carbocycles. The topological polar surface area (TPSA) is 94.1 Å². The number of nitrogens with one attached hydrogen (secondary N) is 1. The molecule has 3 atom stereocenters. The number of alkyl carbamates (subject to hydrolysis) is 1. The zero-order chi connectivity index (χ0) is 17.1. The maximum atomic E-state index is 12.3. The monoisotopic (exact) mass is 317 g/mol. The molecular formula is C15H27NO6. The first kappa shape index (κ1) is 18.7. The Hall–Kier alpha value is -1.34. The van der Waals surface area contributed by atoms with E-state index in [1.807, 2.05) is 0 Å². The molecule has 7 nitrogen and oxygen atoms in total. The van der Waals surface area contributed by atoms with E-state index in [2.05, 4.69) is 5.32 Å². The Morgan fingerprint density at radius 1 is 1.09 bits per heavy atom. The first-order valence-corrected chi connectivity index (χ1v) is 7.37. The third-order valence-electron chi connectivity index (χ3n) is 2.85. The highest BCUT2D eigenvalue weighted by atomic mass is 16.6. The van der Waals surface area contributed by atoms with E-state index in [1.54, 1.807) is 41.5 Å². The summed E-state index contributed by atoms with van der Waals surface area (Å²) in [6, 6.07) is -1.02. The van der Waals surface area contributed by atoms with Gasteiger partial charge in [0.1, 0.15) is 17.2 Å². The molecule has 1 fully saturated rings. The number of carbonyl (C=O) groups is 2. The summed E-state index contributed by atoms with van der Waals surface area (Å²) in [4.78, 5) is 24.3.